The predicted molar refractivity (Wildman–Crippen MR) is 73.0 cm³/mol. The first kappa shape index (κ1) is 13.9. The van der Waals surface area contributed by atoms with Crippen LogP contribution in [-0.2, 0) is 9.59 Å². The Bertz CT molecular complexity index is 451. The number of alkyl halides is 1. The fourth-order valence-electron chi connectivity index (χ4n) is 2.28. The molecular formula is C13H15FN2O2S. The van der Waals surface area contributed by atoms with Gasteiger partial charge in [-0.25, -0.2) is 4.39 Å². The minimum Gasteiger partial charge on any atom is -0.299 e. The zero-order valence-electron chi connectivity index (χ0n) is 10.3. The molecule has 2 unspecified atom stereocenters. The van der Waals surface area contributed by atoms with E-state index in [4.69, 9.17) is 0 Å². The molecule has 2 N–H and O–H groups in total. The Kier molecular flexibility index (Phi) is 4.42. The van der Waals surface area contributed by atoms with Crippen LogP contribution in [0.2, 0.25) is 0 Å². The molecule has 1 saturated carbocycles. The van der Waals surface area contributed by atoms with Crippen molar-refractivity contribution in [3.8, 4) is 0 Å². The number of carbonyl (C=O) groups is 2. The summed E-state index contributed by atoms with van der Waals surface area (Å²) in [4.78, 5) is 23.1. The third kappa shape index (κ3) is 3.70. The molecule has 2 amide bonds. The summed E-state index contributed by atoms with van der Waals surface area (Å²) in [5.74, 6) is -0.841. The van der Waals surface area contributed by atoms with E-state index in [0.29, 0.717) is 12.8 Å². The van der Waals surface area contributed by atoms with Gasteiger partial charge in [0.05, 0.1) is 0 Å². The first-order valence-electron chi connectivity index (χ1n) is 6.25. The Morgan fingerprint density at radius 1 is 1.21 bits per heavy atom. The molecule has 0 aromatic heterocycles. The van der Waals surface area contributed by atoms with E-state index in [1.54, 1.807) is 6.08 Å². The topological polar surface area (TPSA) is 58.2 Å². The maximum atomic E-state index is 13.2. The number of hydrogen-bond donors (Lipinski definition) is 2. The van der Waals surface area contributed by atoms with E-state index in [-0.39, 0.29) is 16.6 Å². The number of rotatable bonds is 2. The van der Waals surface area contributed by atoms with Crippen LogP contribution >= 0.6 is 12.2 Å². The molecule has 0 radical (unpaired) electrons. The van der Waals surface area contributed by atoms with Crippen LogP contribution in [0.5, 0.6) is 0 Å². The van der Waals surface area contributed by atoms with Gasteiger partial charge in [-0.05, 0) is 49.9 Å². The Balaban J connectivity index is 1.99. The van der Waals surface area contributed by atoms with Gasteiger partial charge < -0.3 is 0 Å². The van der Waals surface area contributed by atoms with Crippen molar-refractivity contribution in [3.63, 3.8) is 0 Å². The molecule has 4 nitrogen and oxygen atoms in total. The Labute approximate surface area is 116 Å². The Morgan fingerprint density at radius 3 is 2.53 bits per heavy atom. The lowest BCUT2D eigenvalue weighted by molar-refractivity contribution is -0.123. The average Bonchev–Trinajstić information content (AvgIpc) is 2.32. The van der Waals surface area contributed by atoms with Gasteiger partial charge in [0.2, 0.25) is 0 Å². The zero-order chi connectivity index (χ0) is 13.8. The lowest BCUT2D eigenvalue weighted by Crippen LogP contribution is -2.51. The minimum atomic E-state index is -0.741. The highest BCUT2D eigenvalue weighted by Crippen LogP contribution is 2.27. The number of amides is 2. The number of hydrogen-bond acceptors (Lipinski definition) is 3. The second kappa shape index (κ2) is 6.06. The quantitative estimate of drug-likeness (QED) is 0.459. The smallest absolute Gasteiger partial charge is 0.263 e. The van der Waals surface area contributed by atoms with Crippen LogP contribution in [0.15, 0.2) is 23.8 Å². The number of carbonyl (C=O) groups excluding carboxylic acids is 2. The Hall–Kier alpha value is -1.56. The van der Waals surface area contributed by atoms with Gasteiger partial charge in [0, 0.05) is 0 Å². The number of thiocarbonyl (C=S) groups is 1. The number of allylic oxidation sites excluding steroid dienone is 3. The fourth-order valence-corrected chi connectivity index (χ4v) is 2.46. The van der Waals surface area contributed by atoms with Crippen LogP contribution in [-0.4, -0.2) is 23.1 Å². The molecule has 1 aliphatic carbocycles. The van der Waals surface area contributed by atoms with E-state index in [1.165, 1.54) is 6.08 Å². The van der Waals surface area contributed by atoms with Crippen molar-refractivity contribution in [3.05, 3.63) is 23.8 Å². The van der Waals surface area contributed by atoms with Crippen molar-refractivity contribution in [1.82, 2.24) is 10.6 Å². The molecular weight excluding hydrogens is 267 g/mol. The SMILES string of the molecule is O=C1NC(=S)NC(=O)C1=C/C=C/C1CCCC(F)C1. The normalized spacial score (nSPS) is 28.3. The molecule has 2 aliphatic rings. The van der Waals surface area contributed by atoms with Gasteiger partial charge in [0.1, 0.15) is 11.7 Å². The van der Waals surface area contributed by atoms with Crippen LogP contribution in [0, 0.1) is 5.92 Å². The lowest BCUT2D eigenvalue weighted by atomic mass is 9.88. The van der Waals surface area contributed by atoms with E-state index >= 15 is 0 Å². The third-order valence-corrected chi connectivity index (χ3v) is 3.44. The molecule has 19 heavy (non-hydrogen) atoms. The number of halogens is 1. The van der Waals surface area contributed by atoms with Gasteiger partial charge in [-0.3, -0.25) is 20.2 Å². The van der Waals surface area contributed by atoms with Crippen molar-refractivity contribution >= 4 is 29.1 Å². The summed E-state index contributed by atoms with van der Waals surface area (Å²) in [5, 5.41) is 4.72. The van der Waals surface area contributed by atoms with Crippen LogP contribution in [0.1, 0.15) is 25.7 Å². The van der Waals surface area contributed by atoms with E-state index in [1.807, 2.05) is 6.08 Å². The monoisotopic (exact) mass is 282 g/mol. The lowest BCUT2D eigenvalue weighted by Gasteiger charge is -2.21. The van der Waals surface area contributed by atoms with Gasteiger partial charge in [-0.1, -0.05) is 12.2 Å². The van der Waals surface area contributed by atoms with Crippen molar-refractivity contribution < 1.29 is 14.0 Å². The maximum absolute atomic E-state index is 13.2. The first-order valence-corrected chi connectivity index (χ1v) is 6.66. The fraction of sp³-hybridized carbons (Fsp3) is 0.462. The average molecular weight is 282 g/mol. The Morgan fingerprint density at radius 2 is 1.89 bits per heavy atom. The molecule has 6 heteroatoms. The highest BCUT2D eigenvalue weighted by molar-refractivity contribution is 7.80. The van der Waals surface area contributed by atoms with Crippen LogP contribution in [0.25, 0.3) is 0 Å². The second-order valence-corrected chi connectivity index (χ2v) is 5.13. The van der Waals surface area contributed by atoms with Crippen molar-refractivity contribution in [2.24, 2.45) is 5.92 Å². The third-order valence-electron chi connectivity index (χ3n) is 3.24. The van der Waals surface area contributed by atoms with Crippen molar-refractivity contribution in [1.29, 1.82) is 0 Å². The van der Waals surface area contributed by atoms with Gasteiger partial charge in [0.15, 0.2) is 5.11 Å². The number of nitrogens with one attached hydrogen (secondary N) is 2. The molecule has 2 fully saturated rings. The summed E-state index contributed by atoms with van der Waals surface area (Å²) in [6, 6.07) is 0. The molecule has 1 aliphatic heterocycles. The predicted octanol–water partition coefficient (Wildman–Crippen LogP) is 1.53. The van der Waals surface area contributed by atoms with Gasteiger partial charge >= 0.3 is 0 Å². The van der Waals surface area contributed by atoms with E-state index in [9.17, 15) is 14.0 Å². The molecule has 0 bridgehead atoms. The van der Waals surface area contributed by atoms with Crippen LogP contribution < -0.4 is 10.6 Å². The molecule has 0 spiro atoms. The maximum Gasteiger partial charge on any atom is 0.263 e. The summed E-state index contributed by atoms with van der Waals surface area (Å²) in [6.45, 7) is 0. The summed E-state index contributed by atoms with van der Waals surface area (Å²) in [6.07, 6.45) is 7.17. The van der Waals surface area contributed by atoms with Gasteiger partial charge in [-0.2, -0.15) is 0 Å². The first-order chi connectivity index (χ1) is 9.06. The molecule has 102 valence electrons. The van der Waals surface area contributed by atoms with Crippen LogP contribution in [0.3, 0.4) is 0 Å². The molecule has 1 heterocycles. The van der Waals surface area contributed by atoms with Gasteiger partial charge in [-0.15, -0.1) is 0 Å². The van der Waals surface area contributed by atoms with Gasteiger partial charge in [0.25, 0.3) is 11.8 Å². The largest absolute Gasteiger partial charge is 0.299 e. The van der Waals surface area contributed by atoms with E-state index in [0.717, 1.165) is 12.8 Å². The van der Waals surface area contributed by atoms with E-state index < -0.39 is 18.0 Å². The zero-order valence-corrected chi connectivity index (χ0v) is 11.1. The molecule has 0 aromatic rings. The molecule has 1 saturated heterocycles. The summed E-state index contributed by atoms with van der Waals surface area (Å²) < 4.78 is 13.2. The van der Waals surface area contributed by atoms with Crippen molar-refractivity contribution in [2.45, 2.75) is 31.9 Å². The molecule has 2 rings (SSSR count). The second-order valence-electron chi connectivity index (χ2n) is 4.73. The van der Waals surface area contributed by atoms with Crippen LogP contribution in [0.4, 0.5) is 4.39 Å². The highest BCUT2D eigenvalue weighted by atomic mass is 32.1. The van der Waals surface area contributed by atoms with Crippen molar-refractivity contribution in [2.75, 3.05) is 0 Å². The highest BCUT2D eigenvalue weighted by Gasteiger charge is 2.25. The molecule has 2 atom stereocenters. The van der Waals surface area contributed by atoms with E-state index in [2.05, 4.69) is 22.9 Å². The summed E-state index contributed by atoms with van der Waals surface area (Å²) >= 11 is 4.69. The minimum absolute atomic E-state index is 0.0115. The summed E-state index contributed by atoms with van der Waals surface area (Å²) in [5.41, 5.74) is 0.0115. The summed E-state index contributed by atoms with van der Waals surface area (Å²) in [7, 11) is 0. The molecule has 0 aromatic carbocycles. The standard InChI is InChI=1S/C13H15FN2O2S/c14-9-5-1-3-8(7-9)4-2-6-10-11(17)15-13(19)16-12(10)18/h2,4,6,8-9H,1,3,5,7H2,(H2,15,16,17,18,19)/b4-2+.